The molecule has 3 rings (SSSR count). The molecule has 0 saturated carbocycles. The van der Waals surface area contributed by atoms with Crippen LogP contribution in [0.15, 0.2) is 45.7 Å². The molecule has 0 spiro atoms. The number of carbonyl (C=O) groups is 1. The minimum absolute atomic E-state index is 0.0527. The quantitative estimate of drug-likeness (QED) is 0.728. The van der Waals surface area contributed by atoms with Crippen LogP contribution in [-0.4, -0.2) is 20.6 Å². The lowest BCUT2D eigenvalue weighted by atomic mass is 10.2. The highest BCUT2D eigenvalue weighted by Gasteiger charge is 2.17. The maximum absolute atomic E-state index is 12.2. The topological polar surface area (TPSA) is 75.1 Å². The summed E-state index contributed by atoms with van der Waals surface area (Å²) in [5, 5.41) is 9.81. The Hall–Kier alpha value is -2.05. The monoisotopic (exact) mass is 366 g/mol. The van der Waals surface area contributed by atoms with Crippen molar-refractivity contribution in [1.82, 2.24) is 9.55 Å². The molecule has 0 bridgehead atoms. The molecule has 0 amide bonds. The molecular formula is C14H8BrClN2O3. The van der Waals surface area contributed by atoms with Crippen LogP contribution in [0.25, 0.3) is 16.7 Å². The number of imidazole rings is 1. The number of aromatic amines is 1. The number of halogens is 2. The van der Waals surface area contributed by atoms with Crippen molar-refractivity contribution in [3.05, 3.63) is 61.9 Å². The van der Waals surface area contributed by atoms with Crippen molar-refractivity contribution in [3.63, 3.8) is 0 Å². The van der Waals surface area contributed by atoms with Gasteiger partial charge in [-0.2, -0.15) is 0 Å². The average Bonchev–Trinajstić information content (AvgIpc) is 2.77. The van der Waals surface area contributed by atoms with Gasteiger partial charge in [0.25, 0.3) is 0 Å². The Morgan fingerprint density at radius 2 is 2.05 bits per heavy atom. The van der Waals surface area contributed by atoms with Crippen molar-refractivity contribution in [1.29, 1.82) is 0 Å². The standard InChI is InChI=1S/C14H8BrClN2O3/c15-9-6-7(4-5-10(9)16)18-12-8(13(19)20)2-1-3-11(12)17-14(18)21/h1-6H,(H,17,21)(H,19,20). The van der Waals surface area contributed by atoms with Crippen molar-refractivity contribution in [2.45, 2.75) is 0 Å². The molecule has 1 aromatic heterocycles. The molecule has 7 heteroatoms. The molecule has 0 aliphatic carbocycles. The summed E-state index contributed by atoms with van der Waals surface area (Å²) in [6.07, 6.45) is 0. The van der Waals surface area contributed by atoms with E-state index in [1.54, 1.807) is 30.3 Å². The Morgan fingerprint density at radius 1 is 1.29 bits per heavy atom. The van der Waals surface area contributed by atoms with Crippen LogP contribution in [-0.2, 0) is 0 Å². The lowest BCUT2D eigenvalue weighted by molar-refractivity contribution is 0.0698. The third-order valence-corrected chi connectivity index (χ3v) is 4.31. The van der Waals surface area contributed by atoms with Gasteiger partial charge in [-0.25, -0.2) is 9.59 Å². The minimum Gasteiger partial charge on any atom is -0.478 e. The zero-order valence-electron chi connectivity index (χ0n) is 10.4. The highest BCUT2D eigenvalue weighted by molar-refractivity contribution is 9.10. The molecule has 106 valence electrons. The van der Waals surface area contributed by atoms with Crippen molar-refractivity contribution in [3.8, 4) is 5.69 Å². The predicted octanol–water partition coefficient (Wildman–Crippen LogP) is 3.43. The zero-order chi connectivity index (χ0) is 15.1. The SMILES string of the molecule is O=C(O)c1cccc2[nH]c(=O)n(-c3ccc(Cl)c(Br)c3)c12. The Morgan fingerprint density at radius 3 is 2.71 bits per heavy atom. The number of benzene rings is 2. The van der Waals surface area contributed by atoms with Gasteiger partial charge >= 0.3 is 11.7 Å². The van der Waals surface area contributed by atoms with Crippen molar-refractivity contribution in [2.75, 3.05) is 0 Å². The molecule has 1 heterocycles. The van der Waals surface area contributed by atoms with E-state index in [9.17, 15) is 14.7 Å². The zero-order valence-corrected chi connectivity index (χ0v) is 12.8. The molecular weight excluding hydrogens is 360 g/mol. The van der Waals surface area contributed by atoms with E-state index < -0.39 is 11.7 Å². The number of para-hydroxylation sites is 1. The lowest BCUT2D eigenvalue weighted by Crippen LogP contribution is -2.15. The molecule has 3 aromatic rings. The first-order valence-electron chi connectivity index (χ1n) is 5.91. The van der Waals surface area contributed by atoms with Crippen molar-refractivity contribution in [2.24, 2.45) is 0 Å². The second kappa shape index (κ2) is 5.05. The van der Waals surface area contributed by atoms with E-state index in [1.165, 1.54) is 10.6 Å². The van der Waals surface area contributed by atoms with Crippen LogP contribution in [0.1, 0.15) is 10.4 Å². The van der Waals surface area contributed by atoms with Crippen LogP contribution in [0.5, 0.6) is 0 Å². The van der Waals surface area contributed by atoms with Gasteiger partial charge in [0.1, 0.15) is 0 Å². The summed E-state index contributed by atoms with van der Waals surface area (Å²) < 4.78 is 1.94. The van der Waals surface area contributed by atoms with E-state index in [2.05, 4.69) is 20.9 Å². The predicted molar refractivity (Wildman–Crippen MR) is 83.6 cm³/mol. The fourth-order valence-corrected chi connectivity index (χ4v) is 2.69. The molecule has 5 nitrogen and oxygen atoms in total. The second-order valence-electron chi connectivity index (χ2n) is 4.37. The highest BCUT2D eigenvalue weighted by atomic mass is 79.9. The number of hydrogen-bond donors (Lipinski definition) is 2. The Balaban J connectivity index is 2.41. The summed E-state index contributed by atoms with van der Waals surface area (Å²) in [6, 6.07) is 9.65. The van der Waals surface area contributed by atoms with E-state index in [1.807, 2.05) is 0 Å². The van der Waals surface area contributed by atoms with Gasteiger partial charge in [0, 0.05) is 4.47 Å². The van der Waals surface area contributed by atoms with Gasteiger partial charge in [-0.05, 0) is 46.3 Å². The van der Waals surface area contributed by atoms with Crippen molar-refractivity contribution >= 4 is 44.5 Å². The number of hydrogen-bond acceptors (Lipinski definition) is 2. The maximum Gasteiger partial charge on any atom is 0.337 e. The number of nitrogens with zero attached hydrogens (tertiary/aromatic N) is 1. The summed E-state index contributed by atoms with van der Waals surface area (Å²) in [6.45, 7) is 0. The van der Waals surface area contributed by atoms with E-state index in [-0.39, 0.29) is 5.56 Å². The van der Waals surface area contributed by atoms with Crippen LogP contribution >= 0.6 is 27.5 Å². The number of rotatable bonds is 2. The largest absolute Gasteiger partial charge is 0.478 e. The summed E-state index contributed by atoms with van der Waals surface area (Å²) >= 11 is 9.24. The van der Waals surface area contributed by atoms with Gasteiger partial charge in [-0.15, -0.1) is 0 Å². The first kappa shape index (κ1) is 13.9. The van der Waals surface area contributed by atoms with Gasteiger partial charge < -0.3 is 10.1 Å². The molecule has 0 saturated heterocycles. The molecule has 21 heavy (non-hydrogen) atoms. The fourth-order valence-electron chi connectivity index (χ4n) is 2.20. The first-order valence-corrected chi connectivity index (χ1v) is 7.08. The Bertz CT molecular complexity index is 930. The molecule has 0 unspecified atom stereocenters. The first-order chi connectivity index (χ1) is 9.99. The number of nitrogens with one attached hydrogen (secondary N) is 1. The smallest absolute Gasteiger partial charge is 0.337 e. The fraction of sp³-hybridized carbons (Fsp3) is 0. The van der Waals surface area contributed by atoms with Crippen LogP contribution < -0.4 is 5.69 Å². The summed E-state index contributed by atoms with van der Waals surface area (Å²) in [4.78, 5) is 26.2. The highest BCUT2D eigenvalue weighted by Crippen LogP contribution is 2.26. The van der Waals surface area contributed by atoms with E-state index in [0.29, 0.717) is 26.2 Å². The molecule has 2 aromatic carbocycles. The summed E-state index contributed by atoms with van der Waals surface area (Å²) in [5.74, 6) is -1.10. The van der Waals surface area contributed by atoms with Gasteiger partial charge in [-0.3, -0.25) is 4.57 Å². The van der Waals surface area contributed by atoms with Crippen LogP contribution in [0.2, 0.25) is 5.02 Å². The van der Waals surface area contributed by atoms with E-state index in [0.717, 1.165) is 0 Å². The van der Waals surface area contributed by atoms with Crippen LogP contribution in [0, 0.1) is 0 Å². The molecule has 0 aliphatic rings. The van der Waals surface area contributed by atoms with E-state index in [4.69, 9.17) is 11.6 Å². The van der Waals surface area contributed by atoms with Crippen molar-refractivity contribution < 1.29 is 9.90 Å². The minimum atomic E-state index is -1.10. The number of aromatic carboxylic acids is 1. The third-order valence-electron chi connectivity index (χ3n) is 3.10. The molecule has 0 radical (unpaired) electrons. The molecule has 0 fully saturated rings. The number of carboxylic acid groups (broad SMARTS) is 1. The van der Waals surface area contributed by atoms with Gasteiger partial charge in [0.05, 0.1) is 27.3 Å². The molecule has 0 aliphatic heterocycles. The Kier molecular flexibility index (Phi) is 3.35. The molecule has 2 N–H and O–H groups in total. The number of carboxylic acids is 1. The molecule has 0 atom stereocenters. The summed E-state index contributed by atoms with van der Waals surface area (Å²) in [5.41, 5.74) is 0.955. The normalized spacial score (nSPS) is 11.0. The third kappa shape index (κ3) is 2.26. The van der Waals surface area contributed by atoms with Gasteiger partial charge in [0.2, 0.25) is 0 Å². The van der Waals surface area contributed by atoms with Gasteiger partial charge in [-0.1, -0.05) is 17.7 Å². The maximum atomic E-state index is 12.2. The van der Waals surface area contributed by atoms with E-state index >= 15 is 0 Å². The number of H-pyrrole nitrogens is 1. The average molecular weight is 368 g/mol. The second-order valence-corrected chi connectivity index (χ2v) is 5.63. The number of aromatic nitrogens is 2. The van der Waals surface area contributed by atoms with Gasteiger partial charge in [0.15, 0.2) is 0 Å². The lowest BCUT2D eigenvalue weighted by Gasteiger charge is -2.07. The van der Waals surface area contributed by atoms with Crippen LogP contribution in [0.3, 0.4) is 0 Å². The Labute approximate surface area is 131 Å². The number of fused-ring (bicyclic) bond motifs is 1. The summed E-state index contributed by atoms with van der Waals surface area (Å²) in [7, 11) is 0. The van der Waals surface area contributed by atoms with Crippen LogP contribution in [0.4, 0.5) is 0 Å².